The summed E-state index contributed by atoms with van der Waals surface area (Å²) < 4.78 is 12.5. The van der Waals surface area contributed by atoms with Crippen LogP contribution in [0.2, 0.25) is 0 Å². The summed E-state index contributed by atoms with van der Waals surface area (Å²) in [5.74, 6) is 2.01. The lowest BCUT2D eigenvalue weighted by Crippen LogP contribution is -2.20. The number of carbonyl (C=O) groups excluding carboxylic acids is 1. The predicted molar refractivity (Wildman–Crippen MR) is 117 cm³/mol. The number of carbonyl (C=O) groups is 1. The van der Waals surface area contributed by atoms with Gasteiger partial charge in [-0.25, -0.2) is 5.43 Å². The van der Waals surface area contributed by atoms with Crippen LogP contribution in [0.1, 0.15) is 12.5 Å². The average molecular weight is 426 g/mol. The van der Waals surface area contributed by atoms with Crippen LogP contribution < -0.4 is 14.9 Å². The van der Waals surface area contributed by atoms with E-state index in [0.717, 1.165) is 11.4 Å². The van der Waals surface area contributed by atoms with Gasteiger partial charge in [-0.1, -0.05) is 42.1 Å². The number of methoxy groups -OCH3 is 2. The Morgan fingerprint density at radius 1 is 1.17 bits per heavy atom. The molecule has 8 nitrogen and oxygen atoms in total. The van der Waals surface area contributed by atoms with E-state index in [1.54, 1.807) is 32.4 Å². The fourth-order valence-electron chi connectivity index (χ4n) is 2.76. The van der Waals surface area contributed by atoms with Crippen molar-refractivity contribution < 1.29 is 14.3 Å². The largest absolute Gasteiger partial charge is 0.497 e. The van der Waals surface area contributed by atoms with Gasteiger partial charge >= 0.3 is 0 Å². The summed E-state index contributed by atoms with van der Waals surface area (Å²) in [6, 6.07) is 15.2. The lowest BCUT2D eigenvalue weighted by atomic mass is 10.2. The van der Waals surface area contributed by atoms with Crippen LogP contribution in [0.25, 0.3) is 11.4 Å². The highest BCUT2D eigenvalue weighted by Crippen LogP contribution is 2.24. The van der Waals surface area contributed by atoms with Crippen molar-refractivity contribution in [3.63, 3.8) is 0 Å². The first-order valence-electron chi connectivity index (χ1n) is 9.31. The molecule has 1 amide bonds. The zero-order valence-corrected chi connectivity index (χ0v) is 17.8. The van der Waals surface area contributed by atoms with Crippen LogP contribution in [0, 0.1) is 0 Å². The van der Waals surface area contributed by atoms with Gasteiger partial charge in [0, 0.05) is 17.7 Å². The normalized spacial score (nSPS) is 10.9. The zero-order valence-electron chi connectivity index (χ0n) is 17.0. The van der Waals surface area contributed by atoms with Gasteiger partial charge < -0.3 is 14.0 Å². The van der Waals surface area contributed by atoms with Crippen LogP contribution in [0.3, 0.4) is 0 Å². The third-order valence-corrected chi connectivity index (χ3v) is 5.19. The summed E-state index contributed by atoms with van der Waals surface area (Å²) in [6.45, 7) is 2.72. The van der Waals surface area contributed by atoms with Crippen molar-refractivity contribution >= 4 is 23.9 Å². The smallest absolute Gasteiger partial charge is 0.250 e. The lowest BCUT2D eigenvalue weighted by Gasteiger charge is -2.07. The molecule has 0 atom stereocenters. The number of benzene rings is 2. The summed E-state index contributed by atoms with van der Waals surface area (Å²) in [6.07, 6.45) is 1.52. The molecule has 0 bridgehead atoms. The van der Waals surface area contributed by atoms with Crippen molar-refractivity contribution in [3.05, 3.63) is 54.1 Å². The van der Waals surface area contributed by atoms with Crippen molar-refractivity contribution in [1.82, 2.24) is 20.2 Å². The van der Waals surface area contributed by atoms with E-state index in [4.69, 9.17) is 9.47 Å². The molecule has 0 aliphatic rings. The Labute approximate surface area is 179 Å². The standard InChI is InChI=1S/C21H23N5O3S/c1-4-26-20(15-8-6-5-7-9-15)24-25-21(26)30-14-19(27)23-22-13-16-12-17(28-2)10-11-18(16)29-3/h5-13H,4,14H2,1-3H3,(H,23,27)/b22-13+. The molecule has 1 N–H and O–H groups in total. The molecule has 0 fully saturated rings. The van der Waals surface area contributed by atoms with Crippen molar-refractivity contribution in [2.75, 3.05) is 20.0 Å². The van der Waals surface area contributed by atoms with E-state index in [1.807, 2.05) is 41.8 Å². The van der Waals surface area contributed by atoms with Crippen molar-refractivity contribution in [1.29, 1.82) is 0 Å². The molecule has 30 heavy (non-hydrogen) atoms. The second-order valence-electron chi connectivity index (χ2n) is 6.11. The molecule has 0 radical (unpaired) electrons. The summed E-state index contributed by atoms with van der Waals surface area (Å²) in [4.78, 5) is 12.2. The molecule has 0 aliphatic carbocycles. The molecule has 0 spiro atoms. The van der Waals surface area contributed by atoms with Crippen molar-refractivity contribution in [2.45, 2.75) is 18.6 Å². The van der Waals surface area contributed by atoms with E-state index >= 15 is 0 Å². The van der Waals surface area contributed by atoms with E-state index in [2.05, 4.69) is 20.7 Å². The number of aromatic nitrogens is 3. The second-order valence-corrected chi connectivity index (χ2v) is 7.05. The number of rotatable bonds is 9. The van der Waals surface area contributed by atoms with Gasteiger partial charge in [0.25, 0.3) is 5.91 Å². The molecule has 156 valence electrons. The Kier molecular flexibility index (Phi) is 7.45. The van der Waals surface area contributed by atoms with E-state index in [-0.39, 0.29) is 11.7 Å². The predicted octanol–water partition coefficient (Wildman–Crippen LogP) is 3.22. The van der Waals surface area contributed by atoms with Crippen LogP contribution in [-0.2, 0) is 11.3 Å². The molecule has 1 heterocycles. The van der Waals surface area contributed by atoms with Gasteiger partial charge in [0.05, 0.1) is 26.2 Å². The van der Waals surface area contributed by atoms with Crippen LogP contribution >= 0.6 is 11.8 Å². The van der Waals surface area contributed by atoms with E-state index in [9.17, 15) is 4.79 Å². The molecular formula is C21H23N5O3S. The minimum atomic E-state index is -0.245. The quantitative estimate of drug-likeness (QED) is 0.322. The van der Waals surface area contributed by atoms with Crippen molar-refractivity contribution in [3.8, 4) is 22.9 Å². The third-order valence-electron chi connectivity index (χ3n) is 4.23. The molecule has 2 aromatic carbocycles. The molecule has 0 saturated carbocycles. The number of amides is 1. The third kappa shape index (κ3) is 5.18. The summed E-state index contributed by atoms with van der Waals surface area (Å²) in [7, 11) is 3.15. The van der Waals surface area contributed by atoms with Crippen molar-refractivity contribution in [2.24, 2.45) is 5.10 Å². The minimum absolute atomic E-state index is 0.166. The Hall–Kier alpha value is -3.33. The molecule has 0 unspecified atom stereocenters. The van der Waals surface area contributed by atoms with Crippen LogP contribution in [0.15, 0.2) is 58.8 Å². The number of nitrogens with zero attached hydrogens (tertiary/aromatic N) is 4. The number of nitrogens with one attached hydrogen (secondary N) is 1. The van der Waals surface area contributed by atoms with Gasteiger partial charge in [0.2, 0.25) is 0 Å². The van der Waals surface area contributed by atoms with Crippen LogP contribution in [0.5, 0.6) is 11.5 Å². The molecule has 0 aliphatic heterocycles. The summed E-state index contributed by atoms with van der Waals surface area (Å²) >= 11 is 1.31. The molecule has 0 saturated heterocycles. The van der Waals surface area contributed by atoms with Gasteiger partial charge in [-0.05, 0) is 25.1 Å². The second kappa shape index (κ2) is 10.4. The number of thioether (sulfide) groups is 1. The molecule has 3 rings (SSSR count). The Bertz CT molecular complexity index is 1020. The number of hydrazone groups is 1. The lowest BCUT2D eigenvalue weighted by molar-refractivity contribution is -0.118. The maximum Gasteiger partial charge on any atom is 0.250 e. The Morgan fingerprint density at radius 2 is 1.97 bits per heavy atom. The first kappa shape index (κ1) is 21.4. The molecule has 1 aromatic heterocycles. The molecule has 9 heteroatoms. The fraction of sp³-hybridized carbons (Fsp3) is 0.238. The number of hydrogen-bond acceptors (Lipinski definition) is 7. The first-order valence-corrected chi connectivity index (χ1v) is 10.3. The first-order chi connectivity index (χ1) is 14.7. The van der Waals surface area contributed by atoms with E-state index in [1.165, 1.54) is 18.0 Å². The van der Waals surface area contributed by atoms with Gasteiger partial charge in [-0.3, -0.25) is 4.79 Å². The maximum absolute atomic E-state index is 12.2. The number of ether oxygens (including phenoxy) is 2. The average Bonchev–Trinajstić information content (AvgIpc) is 3.21. The van der Waals surface area contributed by atoms with E-state index in [0.29, 0.717) is 28.8 Å². The van der Waals surface area contributed by atoms with Crippen LogP contribution in [0.4, 0.5) is 0 Å². The van der Waals surface area contributed by atoms with Crippen LogP contribution in [-0.4, -0.2) is 46.9 Å². The van der Waals surface area contributed by atoms with Gasteiger partial charge in [-0.2, -0.15) is 5.10 Å². The zero-order chi connectivity index (χ0) is 21.3. The van der Waals surface area contributed by atoms with Gasteiger partial charge in [0.15, 0.2) is 11.0 Å². The monoisotopic (exact) mass is 425 g/mol. The fourth-order valence-corrected chi connectivity index (χ4v) is 3.55. The number of hydrogen-bond donors (Lipinski definition) is 1. The van der Waals surface area contributed by atoms with E-state index < -0.39 is 0 Å². The van der Waals surface area contributed by atoms with Gasteiger partial charge in [-0.15, -0.1) is 10.2 Å². The Balaban J connectivity index is 1.60. The molecule has 3 aromatic rings. The maximum atomic E-state index is 12.2. The summed E-state index contributed by atoms with van der Waals surface area (Å²) in [5.41, 5.74) is 4.21. The Morgan fingerprint density at radius 3 is 2.67 bits per heavy atom. The van der Waals surface area contributed by atoms with Gasteiger partial charge in [0.1, 0.15) is 11.5 Å². The SMILES string of the molecule is CCn1c(SCC(=O)N/N=C/c2cc(OC)ccc2OC)nnc1-c1ccccc1. The summed E-state index contributed by atoms with van der Waals surface area (Å²) in [5, 5.41) is 13.2. The molecular weight excluding hydrogens is 402 g/mol. The highest BCUT2D eigenvalue weighted by atomic mass is 32.2. The highest BCUT2D eigenvalue weighted by Gasteiger charge is 2.14. The highest BCUT2D eigenvalue weighted by molar-refractivity contribution is 7.99. The topological polar surface area (TPSA) is 90.6 Å². The minimum Gasteiger partial charge on any atom is -0.497 e.